The van der Waals surface area contributed by atoms with E-state index in [0.29, 0.717) is 12.0 Å². The van der Waals surface area contributed by atoms with Crippen LogP contribution in [-0.4, -0.2) is 18.6 Å². The van der Waals surface area contributed by atoms with Gasteiger partial charge in [-0.1, -0.05) is 44.9 Å². The summed E-state index contributed by atoms with van der Waals surface area (Å²) < 4.78 is 5.72. The fourth-order valence-corrected chi connectivity index (χ4v) is 2.72. The molecule has 1 aromatic rings. The van der Waals surface area contributed by atoms with Crippen molar-refractivity contribution in [2.45, 2.75) is 57.9 Å². The third kappa shape index (κ3) is 3.99. The van der Waals surface area contributed by atoms with Crippen molar-refractivity contribution in [2.75, 3.05) is 6.61 Å². The molecule has 0 spiro atoms. The van der Waals surface area contributed by atoms with E-state index in [9.17, 15) is 4.79 Å². The first kappa shape index (κ1) is 14.9. The predicted octanol–water partition coefficient (Wildman–Crippen LogP) is 3.64. The maximum atomic E-state index is 11.9. The first-order chi connectivity index (χ1) is 9.70. The molecule has 3 nitrogen and oxygen atoms in total. The molecule has 1 saturated carbocycles. The normalized spacial score (nSPS) is 16.9. The van der Waals surface area contributed by atoms with Gasteiger partial charge in [-0.05, 0) is 36.8 Å². The number of hydrogen-bond donors (Lipinski definition) is 1. The average molecular weight is 275 g/mol. The summed E-state index contributed by atoms with van der Waals surface area (Å²) in [7, 11) is 0. The van der Waals surface area contributed by atoms with E-state index in [2.05, 4.69) is 25.2 Å². The van der Waals surface area contributed by atoms with Crippen molar-refractivity contribution in [1.82, 2.24) is 5.32 Å². The summed E-state index contributed by atoms with van der Waals surface area (Å²) in [6, 6.07) is 8.36. The van der Waals surface area contributed by atoms with Crippen molar-refractivity contribution in [3.05, 3.63) is 29.8 Å². The summed E-state index contributed by atoms with van der Waals surface area (Å²) in [6.45, 7) is 4.46. The number of carbonyl (C=O) groups excluding carboxylic acids is 1. The van der Waals surface area contributed by atoms with Crippen molar-refractivity contribution < 1.29 is 9.53 Å². The SMILES string of the molecule is CCC(C)c1ccccc1OCC(=O)NC1CCCC1. The highest BCUT2D eigenvalue weighted by Gasteiger charge is 2.17. The summed E-state index contributed by atoms with van der Waals surface area (Å²) in [5.41, 5.74) is 1.18. The van der Waals surface area contributed by atoms with Crippen LogP contribution in [0.5, 0.6) is 5.75 Å². The monoisotopic (exact) mass is 275 g/mol. The first-order valence-electron chi connectivity index (χ1n) is 7.71. The van der Waals surface area contributed by atoms with Crippen molar-refractivity contribution in [3.63, 3.8) is 0 Å². The van der Waals surface area contributed by atoms with Crippen LogP contribution in [0.15, 0.2) is 24.3 Å². The molecule has 0 radical (unpaired) electrons. The molecule has 1 N–H and O–H groups in total. The summed E-state index contributed by atoms with van der Waals surface area (Å²) in [6.07, 6.45) is 5.73. The molecule has 0 bridgehead atoms. The highest BCUT2D eigenvalue weighted by Crippen LogP contribution is 2.28. The van der Waals surface area contributed by atoms with E-state index >= 15 is 0 Å². The van der Waals surface area contributed by atoms with E-state index in [0.717, 1.165) is 25.0 Å². The summed E-state index contributed by atoms with van der Waals surface area (Å²) in [4.78, 5) is 11.9. The van der Waals surface area contributed by atoms with Gasteiger partial charge in [-0.25, -0.2) is 0 Å². The van der Waals surface area contributed by atoms with E-state index in [1.54, 1.807) is 0 Å². The van der Waals surface area contributed by atoms with Gasteiger partial charge in [0.15, 0.2) is 6.61 Å². The van der Waals surface area contributed by atoms with E-state index in [-0.39, 0.29) is 12.5 Å². The fourth-order valence-electron chi connectivity index (χ4n) is 2.72. The Morgan fingerprint density at radius 3 is 2.75 bits per heavy atom. The van der Waals surface area contributed by atoms with Gasteiger partial charge >= 0.3 is 0 Å². The van der Waals surface area contributed by atoms with E-state index in [4.69, 9.17) is 4.74 Å². The third-order valence-corrected chi connectivity index (χ3v) is 4.14. The fraction of sp³-hybridized carbons (Fsp3) is 0.588. The summed E-state index contributed by atoms with van der Waals surface area (Å²) in [5, 5.41) is 3.05. The lowest BCUT2D eigenvalue weighted by atomic mass is 9.98. The molecule has 1 amide bonds. The highest BCUT2D eigenvalue weighted by atomic mass is 16.5. The van der Waals surface area contributed by atoms with Gasteiger partial charge in [0.1, 0.15) is 5.75 Å². The molecular weight excluding hydrogens is 250 g/mol. The topological polar surface area (TPSA) is 38.3 Å². The maximum Gasteiger partial charge on any atom is 0.258 e. The molecule has 110 valence electrons. The molecule has 1 aromatic carbocycles. The number of amides is 1. The Morgan fingerprint density at radius 1 is 1.35 bits per heavy atom. The average Bonchev–Trinajstić information content (AvgIpc) is 2.97. The quantitative estimate of drug-likeness (QED) is 0.860. The van der Waals surface area contributed by atoms with Crippen molar-refractivity contribution in [3.8, 4) is 5.75 Å². The second kappa shape index (κ2) is 7.32. The van der Waals surface area contributed by atoms with Crippen LogP contribution in [0.2, 0.25) is 0 Å². The number of ether oxygens (including phenoxy) is 1. The van der Waals surface area contributed by atoms with Gasteiger partial charge in [0.05, 0.1) is 0 Å². The van der Waals surface area contributed by atoms with Crippen LogP contribution in [0.4, 0.5) is 0 Å². The van der Waals surface area contributed by atoms with Crippen LogP contribution in [0, 0.1) is 0 Å². The number of benzene rings is 1. The Bertz CT molecular complexity index is 438. The summed E-state index contributed by atoms with van der Waals surface area (Å²) in [5.74, 6) is 1.28. The molecule has 0 aliphatic heterocycles. The van der Waals surface area contributed by atoms with Crippen LogP contribution < -0.4 is 10.1 Å². The lowest BCUT2D eigenvalue weighted by Gasteiger charge is -2.16. The molecule has 2 rings (SSSR count). The number of rotatable bonds is 6. The lowest BCUT2D eigenvalue weighted by molar-refractivity contribution is -0.123. The molecule has 1 atom stereocenters. The Balaban J connectivity index is 1.88. The van der Waals surface area contributed by atoms with Gasteiger partial charge in [0.2, 0.25) is 0 Å². The maximum absolute atomic E-state index is 11.9. The van der Waals surface area contributed by atoms with Gasteiger partial charge in [0.25, 0.3) is 5.91 Å². The molecule has 0 aromatic heterocycles. The third-order valence-electron chi connectivity index (χ3n) is 4.14. The van der Waals surface area contributed by atoms with Gasteiger partial charge < -0.3 is 10.1 Å². The minimum absolute atomic E-state index is 0.00384. The molecule has 1 unspecified atom stereocenters. The van der Waals surface area contributed by atoms with Crippen LogP contribution in [-0.2, 0) is 4.79 Å². The van der Waals surface area contributed by atoms with E-state index in [1.807, 2.05) is 18.2 Å². The van der Waals surface area contributed by atoms with Crippen LogP contribution in [0.25, 0.3) is 0 Å². The first-order valence-corrected chi connectivity index (χ1v) is 7.71. The molecule has 0 heterocycles. The van der Waals surface area contributed by atoms with Crippen LogP contribution in [0.3, 0.4) is 0 Å². The van der Waals surface area contributed by atoms with Crippen molar-refractivity contribution >= 4 is 5.91 Å². The molecule has 1 aliphatic carbocycles. The smallest absolute Gasteiger partial charge is 0.258 e. The molecule has 1 aliphatic rings. The van der Waals surface area contributed by atoms with Gasteiger partial charge in [-0.3, -0.25) is 4.79 Å². The minimum Gasteiger partial charge on any atom is -0.483 e. The second-order valence-electron chi connectivity index (χ2n) is 5.68. The van der Waals surface area contributed by atoms with Crippen molar-refractivity contribution in [2.24, 2.45) is 0 Å². The van der Waals surface area contributed by atoms with Crippen LogP contribution in [0.1, 0.15) is 57.4 Å². The van der Waals surface area contributed by atoms with E-state index < -0.39 is 0 Å². The minimum atomic E-state index is -0.00384. The standard InChI is InChI=1S/C17H25NO2/c1-3-13(2)15-10-6-7-11-16(15)20-12-17(19)18-14-8-4-5-9-14/h6-7,10-11,13-14H,3-5,8-9,12H2,1-2H3,(H,18,19). The highest BCUT2D eigenvalue weighted by molar-refractivity contribution is 5.77. The Kier molecular flexibility index (Phi) is 5.45. The zero-order chi connectivity index (χ0) is 14.4. The van der Waals surface area contributed by atoms with E-state index in [1.165, 1.54) is 18.4 Å². The number of hydrogen-bond acceptors (Lipinski definition) is 2. The molecule has 0 saturated heterocycles. The molecular formula is C17H25NO2. The van der Waals surface area contributed by atoms with Gasteiger partial charge in [-0.2, -0.15) is 0 Å². The Labute approximate surface area is 121 Å². The number of para-hydroxylation sites is 1. The van der Waals surface area contributed by atoms with Gasteiger partial charge in [0, 0.05) is 6.04 Å². The van der Waals surface area contributed by atoms with Gasteiger partial charge in [-0.15, -0.1) is 0 Å². The lowest BCUT2D eigenvalue weighted by Crippen LogP contribution is -2.36. The number of carbonyl (C=O) groups is 1. The summed E-state index contributed by atoms with van der Waals surface area (Å²) >= 11 is 0. The molecule has 3 heteroatoms. The second-order valence-corrected chi connectivity index (χ2v) is 5.68. The van der Waals surface area contributed by atoms with Crippen LogP contribution >= 0.6 is 0 Å². The Hall–Kier alpha value is -1.51. The predicted molar refractivity (Wildman–Crippen MR) is 81.0 cm³/mol. The van der Waals surface area contributed by atoms with Crippen molar-refractivity contribution in [1.29, 1.82) is 0 Å². The molecule has 20 heavy (non-hydrogen) atoms. The number of nitrogens with one attached hydrogen (secondary N) is 1. The zero-order valence-electron chi connectivity index (χ0n) is 12.5. The molecule has 1 fully saturated rings. The Morgan fingerprint density at radius 2 is 2.05 bits per heavy atom. The zero-order valence-corrected chi connectivity index (χ0v) is 12.5. The largest absolute Gasteiger partial charge is 0.483 e.